The van der Waals surface area contributed by atoms with Crippen LogP contribution in [0.4, 0.5) is 4.39 Å². The Kier molecular flexibility index (Phi) is 4.16. The number of carboxylic acid groups (broad SMARTS) is 1. The minimum Gasteiger partial charge on any atom is -0.480 e. The summed E-state index contributed by atoms with van der Waals surface area (Å²) in [4.78, 5) is 13.2. The van der Waals surface area contributed by atoms with Crippen molar-refractivity contribution in [3.63, 3.8) is 0 Å². The summed E-state index contributed by atoms with van der Waals surface area (Å²) in [6, 6.07) is 3.06. The maximum absolute atomic E-state index is 13.3. The third-order valence-electron chi connectivity index (χ3n) is 2.95. The monoisotopic (exact) mass is 272 g/mol. The fraction of sp³-hybridized carbons (Fsp3) is 0.417. The quantitative estimate of drug-likeness (QED) is 0.876. The Bertz CT molecular complexity index is 429. The van der Waals surface area contributed by atoms with Gasteiger partial charge in [0.1, 0.15) is 11.9 Å². The van der Waals surface area contributed by atoms with Gasteiger partial charge >= 0.3 is 5.97 Å². The third-order valence-corrected chi connectivity index (χ3v) is 3.17. The molecule has 0 bridgehead atoms. The molecule has 1 aromatic carbocycles. The first-order valence-corrected chi connectivity index (χ1v) is 6.09. The van der Waals surface area contributed by atoms with Crippen LogP contribution in [-0.2, 0) is 4.79 Å². The lowest BCUT2D eigenvalue weighted by Gasteiger charge is -2.32. The lowest BCUT2D eigenvalue weighted by molar-refractivity contribution is -0.143. The first kappa shape index (κ1) is 13.3. The van der Waals surface area contributed by atoms with E-state index < -0.39 is 17.8 Å². The van der Waals surface area contributed by atoms with E-state index in [1.54, 1.807) is 0 Å². The second-order valence-corrected chi connectivity index (χ2v) is 4.67. The van der Waals surface area contributed by atoms with Crippen LogP contribution in [0.1, 0.15) is 11.6 Å². The number of rotatable bonds is 3. The number of halogens is 2. The van der Waals surface area contributed by atoms with Gasteiger partial charge in [0.25, 0.3) is 0 Å². The van der Waals surface area contributed by atoms with E-state index >= 15 is 0 Å². The summed E-state index contributed by atoms with van der Waals surface area (Å²) in [6.45, 7) is 2.69. The lowest BCUT2D eigenvalue weighted by Crippen LogP contribution is -2.47. The van der Waals surface area contributed by atoms with Gasteiger partial charge in [-0.1, -0.05) is 11.6 Å². The number of carboxylic acids is 1. The number of hydrogen-bond acceptors (Lipinski definition) is 3. The Morgan fingerprint density at radius 2 is 2.06 bits per heavy atom. The molecular weight excluding hydrogens is 259 g/mol. The Labute approximate surface area is 109 Å². The van der Waals surface area contributed by atoms with Gasteiger partial charge in [0.15, 0.2) is 0 Å². The topological polar surface area (TPSA) is 52.6 Å². The first-order valence-electron chi connectivity index (χ1n) is 5.71. The van der Waals surface area contributed by atoms with Crippen molar-refractivity contribution >= 4 is 17.6 Å². The number of hydrogen-bond donors (Lipinski definition) is 2. The summed E-state index contributed by atoms with van der Waals surface area (Å²) in [5.74, 6) is -1.50. The summed E-state index contributed by atoms with van der Waals surface area (Å²) in [5, 5.41) is 12.7. The van der Waals surface area contributed by atoms with Crippen LogP contribution in [0.5, 0.6) is 0 Å². The zero-order chi connectivity index (χ0) is 13.1. The van der Waals surface area contributed by atoms with E-state index in [1.165, 1.54) is 18.2 Å². The maximum Gasteiger partial charge on any atom is 0.325 e. The van der Waals surface area contributed by atoms with Gasteiger partial charge in [0.2, 0.25) is 0 Å². The fourth-order valence-electron chi connectivity index (χ4n) is 2.18. The summed E-state index contributed by atoms with van der Waals surface area (Å²) in [6.07, 6.45) is 0. The van der Waals surface area contributed by atoms with Crippen molar-refractivity contribution < 1.29 is 14.3 Å². The van der Waals surface area contributed by atoms with Crippen molar-refractivity contribution in [3.05, 3.63) is 34.6 Å². The lowest BCUT2D eigenvalue weighted by atomic mass is 10.0. The van der Waals surface area contributed by atoms with Crippen molar-refractivity contribution in [1.29, 1.82) is 0 Å². The van der Waals surface area contributed by atoms with Gasteiger partial charge in [0.05, 0.1) is 0 Å². The highest BCUT2D eigenvalue weighted by atomic mass is 35.5. The van der Waals surface area contributed by atoms with E-state index in [0.29, 0.717) is 18.7 Å². The van der Waals surface area contributed by atoms with E-state index in [2.05, 4.69) is 5.32 Å². The van der Waals surface area contributed by atoms with Gasteiger partial charge in [-0.3, -0.25) is 9.69 Å². The summed E-state index contributed by atoms with van der Waals surface area (Å²) in [7, 11) is 0. The predicted octanol–water partition coefficient (Wildman–Crippen LogP) is 1.51. The molecule has 1 heterocycles. The number of nitrogens with one attached hydrogen (secondary N) is 1. The molecule has 1 saturated heterocycles. The molecule has 1 aliphatic rings. The largest absolute Gasteiger partial charge is 0.480 e. The highest BCUT2D eigenvalue weighted by Gasteiger charge is 2.28. The average molecular weight is 273 g/mol. The molecule has 0 amide bonds. The number of piperazine rings is 1. The molecule has 1 fully saturated rings. The maximum atomic E-state index is 13.3. The number of benzene rings is 1. The molecule has 6 heteroatoms. The van der Waals surface area contributed by atoms with E-state index in [4.69, 9.17) is 11.6 Å². The minimum absolute atomic E-state index is 0.214. The summed E-state index contributed by atoms with van der Waals surface area (Å²) >= 11 is 5.77. The first-order chi connectivity index (χ1) is 8.58. The number of aliphatic carboxylic acids is 1. The highest BCUT2D eigenvalue weighted by molar-refractivity contribution is 6.30. The smallest absolute Gasteiger partial charge is 0.325 e. The Morgan fingerprint density at radius 1 is 1.39 bits per heavy atom. The molecule has 1 aliphatic heterocycles. The van der Waals surface area contributed by atoms with Crippen LogP contribution in [0.2, 0.25) is 5.02 Å². The van der Waals surface area contributed by atoms with Crippen LogP contribution in [0.3, 0.4) is 0 Å². The van der Waals surface area contributed by atoms with E-state index in [9.17, 15) is 14.3 Å². The van der Waals surface area contributed by atoms with Gasteiger partial charge in [0, 0.05) is 31.2 Å². The van der Waals surface area contributed by atoms with E-state index in [1.807, 2.05) is 4.90 Å². The molecule has 0 saturated carbocycles. The molecule has 1 atom stereocenters. The zero-order valence-corrected chi connectivity index (χ0v) is 10.5. The standard InChI is InChI=1S/C12H14ClFN2O2/c13-9-5-8(6-10(14)7-9)11(12(17)18)16-3-1-15-2-4-16/h5-7,11,15H,1-4H2,(H,17,18). The van der Waals surface area contributed by atoms with Gasteiger partial charge in [-0.05, 0) is 23.8 Å². The molecule has 2 N–H and O–H groups in total. The highest BCUT2D eigenvalue weighted by Crippen LogP contribution is 2.25. The molecule has 0 radical (unpaired) electrons. The zero-order valence-electron chi connectivity index (χ0n) is 9.70. The molecular formula is C12H14ClFN2O2. The average Bonchev–Trinajstić information content (AvgIpc) is 2.28. The number of nitrogens with zero attached hydrogens (tertiary/aromatic N) is 1. The Balaban J connectivity index is 2.31. The molecule has 0 aliphatic carbocycles. The van der Waals surface area contributed by atoms with Crippen molar-refractivity contribution in [2.75, 3.05) is 26.2 Å². The predicted molar refractivity (Wildman–Crippen MR) is 66.2 cm³/mol. The Hall–Kier alpha value is -1.17. The van der Waals surface area contributed by atoms with Crippen molar-refractivity contribution in [2.45, 2.75) is 6.04 Å². The molecule has 1 aromatic rings. The van der Waals surface area contributed by atoms with Crippen LogP contribution in [0.25, 0.3) is 0 Å². The molecule has 0 aromatic heterocycles. The van der Waals surface area contributed by atoms with Gasteiger partial charge in [-0.2, -0.15) is 0 Å². The number of carbonyl (C=O) groups is 1. The summed E-state index contributed by atoms with van der Waals surface area (Å²) in [5.41, 5.74) is 0.384. The second-order valence-electron chi connectivity index (χ2n) is 4.23. The van der Waals surface area contributed by atoms with Crippen LogP contribution < -0.4 is 5.32 Å². The minimum atomic E-state index is -0.987. The fourth-order valence-corrected chi connectivity index (χ4v) is 2.41. The molecule has 2 rings (SSSR count). The van der Waals surface area contributed by atoms with Crippen LogP contribution in [-0.4, -0.2) is 42.2 Å². The molecule has 4 nitrogen and oxygen atoms in total. The van der Waals surface area contributed by atoms with Crippen molar-refractivity contribution in [1.82, 2.24) is 10.2 Å². The normalized spacial score (nSPS) is 18.6. The second kappa shape index (κ2) is 5.65. The van der Waals surface area contributed by atoms with Crippen LogP contribution >= 0.6 is 11.6 Å². The summed E-state index contributed by atoms with van der Waals surface area (Å²) < 4.78 is 13.3. The van der Waals surface area contributed by atoms with Crippen LogP contribution in [0.15, 0.2) is 18.2 Å². The molecule has 98 valence electrons. The SMILES string of the molecule is O=C(O)C(c1cc(F)cc(Cl)c1)N1CCNCC1. The van der Waals surface area contributed by atoms with E-state index in [0.717, 1.165) is 13.1 Å². The van der Waals surface area contributed by atoms with Crippen molar-refractivity contribution in [2.24, 2.45) is 0 Å². The third kappa shape index (κ3) is 2.98. The Morgan fingerprint density at radius 3 is 2.61 bits per heavy atom. The van der Waals surface area contributed by atoms with Crippen LogP contribution in [0, 0.1) is 5.82 Å². The van der Waals surface area contributed by atoms with Crippen molar-refractivity contribution in [3.8, 4) is 0 Å². The molecule has 0 spiro atoms. The van der Waals surface area contributed by atoms with Gasteiger partial charge in [-0.25, -0.2) is 4.39 Å². The van der Waals surface area contributed by atoms with E-state index in [-0.39, 0.29) is 5.02 Å². The van der Waals surface area contributed by atoms with Gasteiger partial charge in [-0.15, -0.1) is 0 Å². The molecule has 18 heavy (non-hydrogen) atoms. The molecule has 1 unspecified atom stereocenters. The van der Waals surface area contributed by atoms with Gasteiger partial charge < -0.3 is 10.4 Å².